The van der Waals surface area contributed by atoms with Crippen molar-refractivity contribution in [1.82, 2.24) is 4.90 Å². The Morgan fingerprint density at radius 2 is 1.87 bits per heavy atom. The summed E-state index contributed by atoms with van der Waals surface area (Å²) in [6.07, 6.45) is 8.64. The minimum Gasteiger partial charge on any atom is -0.416 e. The van der Waals surface area contributed by atoms with E-state index in [2.05, 4.69) is 25.9 Å². The first-order valence-corrected chi connectivity index (χ1v) is 12.1. The first-order chi connectivity index (χ1) is 11.1. The Bertz CT molecular complexity index is 281. The SMILES string of the molecule is CCCCCCCC(=O)SCCC[SiH](COC)OCCN(C)C. The molecule has 0 saturated heterocycles. The number of carbonyl (C=O) groups excluding carboxylic acids is 1. The van der Waals surface area contributed by atoms with Crippen LogP contribution in [0.5, 0.6) is 0 Å². The van der Waals surface area contributed by atoms with Gasteiger partial charge in [0.25, 0.3) is 0 Å². The third-order valence-electron chi connectivity index (χ3n) is 3.66. The number of methoxy groups -OCH3 is 1. The molecule has 0 saturated carbocycles. The maximum atomic E-state index is 11.8. The zero-order chi connectivity index (χ0) is 17.3. The highest BCUT2D eigenvalue weighted by molar-refractivity contribution is 8.13. The number of nitrogens with zero attached hydrogens (tertiary/aromatic N) is 1. The molecule has 1 atom stereocenters. The van der Waals surface area contributed by atoms with Crippen LogP contribution >= 0.6 is 11.8 Å². The second-order valence-electron chi connectivity index (χ2n) is 6.28. The lowest BCUT2D eigenvalue weighted by molar-refractivity contribution is -0.111. The van der Waals surface area contributed by atoms with Gasteiger partial charge in [-0.05, 0) is 33.0 Å². The van der Waals surface area contributed by atoms with Gasteiger partial charge in [0.05, 0.1) is 6.23 Å². The molecule has 138 valence electrons. The largest absolute Gasteiger partial charge is 0.416 e. The summed E-state index contributed by atoms with van der Waals surface area (Å²) in [5.41, 5.74) is 0. The molecule has 0 radical (unpaired) electrons. The number of hydrogen-bond acceptors (Lipinski definition) is 5. The highest BCUT2D eigenvalue weighted by Gasteiger charge is 2.12. The van der Waals surface area contributed by atoms with Crippen LogP contribution in [0.3, 0.4) is 0 Å². The molecule has 0 heterocycles. The summed E-state index contributed by atoms with van der Waals surface area (Å²) < 4.78 is 11.3. The molecule has 6 heteroatoms. The Kier molecular flexibility index (Phi) is 17.0. The van der Waals surface area contributed by atoms with Crippen LogP contribution in [0.15, 0.2) is 0 Å². The van der Waals surface area contributed by atoms with Crippen molar-refractivity contribution >= 4 is 25.9 Å². The van der Waals surface area contributed by atoms with E-state index in [1.807, 2.05) is 0 Å². The van der Waals surface area contributed by atoms with E-state index in [9.17, 15) is 4.79 Å². The smallest absolute Gasteiger partial charge is 0.202 e. The molecule has 0 bridgehead atoms. The first kappa shape index (κ1) is 23.1. The fourth-order valence-electron chi connectivity index (χ4n) is 2.24. The molecule has 0 N–H and O–H groups in total. The minimum atomic E-state index is -1.26. The lowest BCUT2D eigenvalue weighted by atomic mass is 10.1. The van der Waals surface area contributed by atoms with E-state index in [0.717, 1.165) is 50.4 Å². The molecule has 0 aliphatic carbocycles. The first-order valence-electron chi connectivity index (χ1n) is 9.01. The van der Waals surface area contributed by atoms with Crippen LogP contribution < -0.4 is 0 Å². The maximum absolute atomic E-state index is 11.8. The van der Waals surface area contributed by atoms with E-state index in [4.69, 9.17) is 9.16 Å². The lowest BCUT2D eigenvalue weighted by Crippen LogP contribution is -2.29. The molecule has 0 fully saturated rings. The third-order valence-corrected chi connectivity index (χ3v) is 7.15. The van der Waals surface area contributed by atoms with Gasteiger partial charge in [0.1, 0.15) is 0 Å². The van der Waals surface area contributed by atoms with Gasteiger partial charge in [-0.15, -0.1) is 0 Å². The van der Waals surface area contributed by atoms with E-state index < -0.39 is 9.04 Å². The molecule has 0 aliphatic heterocycles. The van der Waals surface area contributed by atoms with Gasteiger partial charge >= 0.3 is 0 Å². The summed E-state index contributed by atoms with van der Waals surface area (Å²) in [5, 5.41) is 0.361. The van der Waals surface area contributed by atoms with Crippen molar-refractivity contribution in [3.8, 4) is 0 Å². The van der Waals surface area contributed by atoms with E-state index >= 15 is 0 Å². The standard InChI is InChI=1S/C17H37NO3SSi/c1-5-6-7-8-9-11-17(19)22-14-10-15-23(16-20-4)21-13-12-18(2)3/h23H,5-16H2,1-4H3. The lowest BCUT2D eigenvalue weighted by Gasteiger charge is -2.17. The van der Waals surface area contributed by atoms with Crippen molar-refractivity contribution in [3.63, 3.8) is 0 Å². The topological polar surface area (TPSA) is 38.8 Å². The highest BCUT2D eigenvalue weighted by Crippen LogP contribution is 2.14. The van der Waals surface area contributed by atoms with Crippen LogP contribution in [-0.4, -0.2) is 65.4 Å². The molecule has 0 aromatic carbocycles. The summed E-state index contributed by atoms with van der Waals surface area (Å²) in [6, 6.07) is 1.10. The molecule has 4 nitrogen and oxygen atoms in total. The van der Waals surface area contributed by atoms with Gasteiger partial charge in [-0.2, -0.15) is 0 Å². The Morgan fingerprint density at radius 3 is 2.52 bits per heavy atom. The van der Waals surface area contributed by atoms with Crippen molar-refractivity contribution in [2.75, 3.05) is 46.3 Å². The van der Waals surface area contributed by atoms with Crippen molar-refractivity contribution in [3.05, 3.63) is 0 Å². The predicted molar refractivity (Wildman–Crippen MR) is 104 cm³/mol. The normalized spacial score (nSPS) is 12.7. The van der Waals surface area contributed by atoms with E-state index in [1.165, 1.54) is 37.4 Å². The number of ether oxygens (including phenoxy) is 1. The summed E-state index contributed by atoms with van der Waals surface area (Å²) in [5.74, 6) is 0.929. The van der Waals surface area contributed by atoms with E-state index in [1.54, 1.807) is 7.11 Å². The molecule has 23 heavy (non-hydrogen) atoms. The highest BCUT2D eigenvalue weighted by atomic mass is 32.2. The van der Waals surface area contributed by atoms with Crippen molar-refractivity contribution in [2.24, 2.45) is 0 Å². The summed E-state index contributed by atoms with van der Waals surface area (Å²) in [7, 11) is 4.59. The number of carbonyl (C=O) groups is 1. The number of likely N-dealkylation sites (N-methyl/N-ethyl adjacent to an activating group) is 1. The summed E-state index contributed by atoms with van der Waals surface area (Å²) in [6.45, 7) is 3.96. The molecular weight excluding hydrogens is 326 g/mol. The number of hydrogen-bond donors (Lipinski definition) is 0. The molecule has 0 spiro atoms. The Labute approximate surface area is 149 Å². The molecule has 1 unspecified atom stereocenters. The van der Waals surface area contributed by atoms with Crippen LogP contribution in [0.1, 0.15) is 51.9 Å². The zero-order valence-electron chi connectivity index (χ0n) is 15.6. The predicted octanol–water partition coefficient (Wildman–Crippen LogP) is 3.48. The van der Waals surface area contributed by atoms with Crippen molar-refractivity contribution in [1.29, 1.82) is 0 Å². The number of unbranched alkanes of at least 4 members (excludes halogenated alkanes) is 4. The molecular formula is C17H37NO3SSi. The van der Waals surface area contributed by atoms with Gasteiger partial charge in [-0.1, -0.05) is 44.4 Å². The zero-order valence-corrected chi connectivity index (χ0v) is 17.6. The van der Waals surface area contributed by atoms with E-state index in [-0.39, 0.29) is 0 Å². The van der Waals surface area contributed by atoms with Crippen LogP contribution in [0.4, 0.5) is 0 Å². The van der Waals surface area contributed by atoms with Gasteiger partial charge < -0.3 is 14.1 Å². The average Bonchev–Trinajstić information content (AvgIpc) is 2.51. The number of thioether (sulfide) groups is 1. The van der Waals surface area contributed by atoms with Crippen LogP contribution in [0.2, 0.25) is 6.04 Å². The number of rotatable bonds is 16. The molecule has 0 aromatic rings. The Morgan fingerprint density at radius 1 is 1.13 bits per heavy atom. The summed E-state index contributed by atoms with van der Waals surface area (Å²) >= 11 is 1.51. The van der Waals surface area contributed by atoms with Gasteiger partial charge in [0, 0.05) is 32.4 Å². The molecule has 0 rings (SSSR count). The quantitative estimate of drug-likeness (QED) is 0.310. The molecule has 0 aromatic heterocycles. The van der Waals surface area contributed by atoms with Crippen LogP contribution in [0.25, 0.3) is 0 Å². The van der Waals surface area contributed by atoms with Crippen molar-refractivity contribution < 1.29 is 14.0 Å². The van der Waals surface area contributed by atoms with E-state index in [0.29, 0.717) is 5.12 Å². The van der Waals surface area contributed by atoms with Gasteiger partial charge in [0.2, 0.25) is 9.04 Å². The van der Waals surface area contributed by atoms with Gasteiger partial charge in [-0.3, -0.25) is 4.79 Å². The molecule has 0 aliphatic rings. The van der Waals surface area contributed by atoms with Crippen LogP contribution in [0, 0.1) is 0 Å². The van der Waals surface area contributed by atoms with Gasteiger partial charge in [-0.25, -0.2) is 0 Å². The third kappa shape index (κ3) is 16.7. The summed E-state index contributed by atoms with van der Waals surface area (Å²) in [4.78, 5) is 13.9. The Hall–Kier alpha value is 0.117. The maximum Gasteiger partial charge on any atom is 0.202 e. The Balaban J connectivity index is 3.61. The molecule has 0 amide bonds. The minimum absolute atomic E-state index is 0.361. The van der Waals surface area contributed by atoms with Crippen molar-refractivity contribution in [2.45, 2.75) is 57.9 Å². The second-order valence-corrected chi connectivity index (χ2v) is 9.92. The second kappa shape index (κ2) is 17.0. The monoisotopic (exact) mass is 363 g/mol. The van der Waals surface area contributed by atoms with Gasteiger partial charge in [0.15, 0.2) is 5.12 Å². The fourth-order valence-corrected chi connectivity index (χ4v) is 5.27. The average molecular weight is 364 g/mol. The van der Waals surface area contributed by atoms with Crippen LogP contribution in [-0.2, 0) is 14.0 Å². The fraction of sp³-hybridized carbons (Fsp3) is 0.941.